The van der Waals surface area contributed by atoms with Crippen molar-refractivity contribution in [3.05, 3.63) is 35.9 Å². The zero-order chi connectivity index (χ0) is 19.7. The molecule has 2 heterocycles. The average molecular weight is 405 g/mol. The van der Waals surface area contributed by atoms with Gasteiger partial charge in [-0.05, 0) is 32.0 Å². The van der Waals surface area contributed by atoms with Crippen LogP contribution in [0.3, 0.4) is 0 Å². The number of fused-ring (bicyclic) bond motifs is 2. The molecule has 1 atom stereocenters. The van der Waals surface area contributed by atoms with E-state index in [1.807, 2.05) is 19.9 Å². The molecule has 150 valence electrons. The van der Waals surface area contributed by atoms with Gasteiger partial charge in [-0.3, -0.25) is 4.72 Å². The molecule has 2 aromatic carbocycles. The molecule has 0 unspecified atom stereocenters. The van der Waals surface area contributed by atoms with Crippen LogP contribution >= 0.6 is 0 Å². The summed E-state index contributed by atoms with van der Waals surface area (Å²) in [6.07, 6.45) is 1.57. The lowest BCUT2D eigenvalue weighted by Crippen LogP contribution is -2.14. The Hall–Kier alpha value is -2.61. The molecule has 1 N–H and O–H groups in total. The first-order valence-electron chi connectivity index (χ1n) is 9.35. The molecule has 0 fully saturated rings. The largest absolute Gasteiger partial charge is 0.492 e. The Morgan fingerprint density at radius 1 is 1.11 bits per heavy atom. The third-order valence-electron chi connectivity index (χ3n) is 4.57. The van der Waals surface area contributed by atoms with Gasteiger partial charge < -0.3 is 18.9 Å². The van der Waals surface area contributed by atoms with Gasteiger partial charge in [0.2, 0.25) is 0 Å². The first kappa shape index (κ1) is 18.7. The van der Waals surface area contributed by atoms with Gasteiger partial charge in [0.25, 0.3) is 10.0 Å². The lowest BCUT2D eigenvalue weighted by Gasteiger charge is -2.15. The van der Waals surface area contributed by atoms with Crippen LogP contribution in [0.2, 0.25) is 0 Å². The number of hydrogen-bond donors (Lipinski definition) is 1. The van der Waals surface area contributed by atoms with E-state index in [9.17, 15) is 8.42 Å². The van der Waals surface area contributed by atoms with Crippen molar-refractivity contribution in [3.63, 3.8) is 0 Å². The van der Waals surface area contributed by atoms with Crippen LogP contribution in [-0.2, 0) is 16.4 Å². The molecule has 2 aliphatic rings. The van der Waals surface area contributed by atoms with Crippen molar-refractivity contribution in [3.8, 4) is 23.0 Å². The normalized spacial score (nSPS) is 18.0. The second kappa shape index (κ2) is 7.43. The fourth-order valence-corrected chi connectivity index (χ4v) is 4.38. The number of ether oxygens (including phenoxy) is 4. The van der Waals surface area contributed by atoms with E-state index in [-0.39, 0.29) is 11.0 Å². The lowest BCUT2D eigenvalue weighted by molar-refractivity contribution is 0.254. The zero-order valence-electron chi connectivity index (χ0n) is 15.9. The minimum absolute atomic E-state index is 0.0538. The number of hydrogen-bond acceptors (Lipinski definition) is 6. The Kier molecular flexibility index (Phi) is 4.97. The van der Waals surface area contributed by atoms with Crippen molar-refractivity contribution < 1.29 is 27.4 Å². The predicted molar refractivity (Wildman–Crippen MR) is 104 cm³/mol. The fourth-order valence-electron chi connectivity index (χ4n) is 3.31. The number of rotatable bonds is 5. The van der Waals surface area contributed by atoms with Gasteiger partial charge in [0.1, 0.15) is 17.6 Å². The van der Waals surface area contributed by atoms with E-state index in [1.54, 1.807) is 12.1 Å². The van der Waals surface area contributed by atoms with E-state index in [0.717, 1.165) is 18.4 Å². The highest BCUT2D eigenvalue weighted by Crippen LogP contribution is 2.39. The van der Waals surface area contributed by atoms with Gasteiger partial charge >= 0.3 is 0 Å². The third-order valence-corrected chi connectivity index (χ3v) is 5.93. The van der Waals surface area contributed by atoms with Crippen molar-refractivity contribution in [1.82, 2.24) is 0 Å². The van der Waals surface area contributed by atoms with E-state index in [1.165, 1.54) is 12.1 Å². The predicted octanol–water partition coefficient (Wildman–Crippen LogP) is 3.37. The summed E-state index contributed by atoms with van der Waals surface area (Å²) in [6, 6.07) is 8.13. The Morgan fingerprint density at radius 3 is 2.68 bits per heavy atom. The maximum Gasteiger partial charge on any atom is 0.262 e. The maximum absolute atomic E-state index is 13.0. The van der Waals surface area contributed by atoms with Gasteiger partial charge in [-0.2, -0.15) is 0 Å². The van der Waals surface area contributed by atoms with Gasteiger partial charge in [-0.1, -0.05) is 0 Å². The molecule has 2 aromatic rings. The molecule has 28 heavy (non-hydrogen) atoms. The van der Waals surface area contributed by atoms with Crippen molar-refractivity contribution in [1.29, 1.82) is 0 Å². The van der Waals surface area contributed by atoms with Crippen LogP contribution in [0.5, 0.6) is 23.0 Å². The van der Waals surface area contributed by atoms with E-state index in [0.29, 0.717) is 48.5 Å². The average Bonchev–Trinajstić information content (AvgIpc) is 2.86. The quantitative estimate of drug-likeness (QED) is 0.821. The highest BCUT2D eigenvalue weighted by atomic mass is 32.2. The van der Waals surface area contributed by atoms with Gasteiger partial charge in [-0.25, -0.2) is 8.42 Å². The smallest absolute Gasteiger partial charge is 0.262 e. The van der Waals surface area contributed by atoms with Gasteiger partial charge in [0.05, 0.1) is 30.4 Å². The Balaban J connectivity index is 1.66. The number of nitrogens with one attached hydrogen (secondary N) is 1. The summed E-state index contributed by atoms with van der Waals surface area (Å²) in [5, 5.41) is 0. The second-order valence-corrected chi connectivity index (χ2v) is 8.47. The summed E-state index contributed by atoms with van der Waals surface area (Å²) >= 11 is 0. The summed E-state index contributed by atoms with van der Waals surface area (Å²) in [6.45, 7) is 5.28. The Labute approximate surface area is 164 Å². The summed E-state index contributed by atoms with van der Waals surface area (Å²) in [5.41, 5.74) is 1.36. The maximum atomic E-state index is 13.0. The van der Waals surface area contributed by atoms with Crippen LogP contribution in [0.15, 0.2) is 35.2 Å². The monoisotopic (exact) mass is 405 g/mol. The van der Waals surface area contributed by atoms with Crippen molar-refractivity contribution in [2.45, 2.75) is 37.7 Å². The minimum Gasteiger partial charge on any atom is -0.492 e. The van der Waals surface area contributed by atoms with Crippen molar-refractivity contribution in [2.24, 2.45) is 0 Å². The molecular formula is C20H23NO6S. The Bertz CT molecular complexity index is 988. The molecule has 0 bridgehead atoms. The molecule has 0 aromatic heterocycles. The zero-order valence-corrected chi connectivity index (χ0v) is 16.7. The first-order valence-corrected chi connectivity index (χ1v) is 10.8. The van der Waals surface area contributed by atoms with Gasteiger partial charge in [-0.15, -0.1) is 0 Å². The highest BCUT2D eigenvalue weighted by molar-refractivity contribution is 7.92. The van der Waals surface area contributed by atoms with Crippen LogP contribution in [-0.4, -0.2) is 34.3 Å². The third kappa shape index (κ3) is 3.69. The number of sulfonamides is 1. The van der Waals surface area contributed by atoms with E-state index in [2.05, 4.69) is 4.72 Å². The van der Waals surface area contributed by atoms with Crippen molar-refractivity contribution in [2.75, 3.05) is 24.5 Å². The number of benzene rings is 2. The molecule has 7 nitrogen and oxygen atoms in total. The molecule has 2 aliphatic heterocycles. The summed E-state index contributed by atoms with van der Waals surface area (Å²) in [4.78, 5) is 0.0917. The molecule has 0 amide bonds. The van der Waals surface area contributed by atoms with E-state index < -0.39 is 10.0 Å². The summed E-state index contributed by atoms with van der Waals surface area (Å²) in [7, 11) is -3.85. The molecular weight excluding hydrogens is 382 g/mol. The van der Waals surface area contributed by atoms with E-state index in [4.69, 9.17) is 18.9 Å². The van der Waals surface area contributed by atoms with Crippen LogP contribution < -0.4 is 23.7 Å². The molecule has 0 saturated carbocycles. The molecule has 0 spiro atoms. The highest BCUT2D eigenvalue weighted by Gasteiger charge is 2.25. The summed E-state index contributed by atoms with van der Waals surface area (Å²) in [5.74, 6) is 2.13. The molecule has 8 heteroatoms. The number of anilines is 1. The molecule has 0 radical (unpaired) electrons. The second-order valence-electron chi connectivity index (χ2n) is 6.79. The van der Waals surface area contributed by atoms with Gasteiger partial charge in [0, 0.05) is 30.5 Å². The standard InChI is InChI=1S/C20H23NO6S/c1-3-24-19-10-14-9-13(2)27-18(14)12-16(19)21-28(22,23)15-5-6-17-20(11-15)26-8-4-7-25-17/h5-6,10-13,21H,3-4,7-9H2,1-2H3/t13-/m0/s1. The van der Waals surface area contributed by atoms with Crippen LogP contribution in [0, 0.1) is 0 Å². The van der Waals surface area contributed by atoms with Crippen molar-refractivity contribution >= 4 is 15.7 Å². The first-order chi connectivity index (χ1) is 13.5. The molecule has 0 saturated heterocycles. The van der Waals surface area contributed by atoms with E-state index >= 15 is 0 Å². The molecule has 4 rings (SSSR count). The summed E-state index contributed by atoms with van der Waals surface area (Å²) < 4.78 is 51.2. The van der Waals surface area contributed by atoms with Gasteiger partial charge in [0.15, 0.2) is 11.5 Å². The van der Waals surface area contributed by atoms with Crippen LogP contribution in [0.25, 0.3) is 0 Å². The Morgan fingerprint density at radius 2 is 1.89 bits per heavy atom. The van der Waals surface area contributed by atoms with Crippen LogP contribution in [0.1, 0.15) is 25.8 Å². The molecule has 0 aliphatic carbocycles. The SMILES string of the molecule is CCOc1cc2c(cc1NS(=O)(=O)c1ccc3c(c1)OCCCO3)O[C@@H](C)C2. The lowest BCUT2D eigenvalue weighted by atomic mass is 10.1. The van der Waals surface area contributed by atoms with Crippen LogP contribution in [0.4, 0.5) is 5.69 Å². The fraction of sp³-hybridized carbons (Fsp3) is 0.400. The topological polar surface area (TPSA) is 83.1 Å². The minimum atomic E-state index is -3.85.